The number of hydrogen-bond donors (Lipinski definition) is 4. The van der Waals surface area contributed by atoms with E-state index in [0.29, 0.717) is 0 Å². The maximum Gasteiger partial charge on any atom is 0.270 e. The Hall–Kier alpha value is -4.32. The highest BCUT2D eigenvalue weighted by Gasteiger charge is 2.23. The summed E-state index contributed by atoms with van der Waals surface area (Å²) in [5.74, 6) is -0.505. The number of methoxy groups -OCH3 is 1. The molecule has 12 heteroatoms. The summed E-state index contributed by atoms with van der Waals surface area (Å²) in [6.45, 7) is 0. The number of non-ortho nitro benzene ring substituents is 1. The zero-order valence-electron chi connectivity index (χ0n) is 16.6. The van der Waals surface area contributed by atoms with E-state index in [2.05, 4.69) is 15.2 Å². The first kappa shape index (κ1) is 22.4. The number of aromatic hydroxyl groups is 2. The quantitative estimate of drug-likeness (QED) is 0.173. The molecule has 3 rings (SSSR count). The molecule has 0 unspecified atom stereocenters. The van der Waals surface area contributed by atoms with Crippen molar-refractivity contribution in [3.8, 4) is 17.2 Å². The van der Waals surface area contributed by atoms with Gasteiger partial charge in [0.15, 0.2) is 11.5 Å². The summed E-state index contributed by atoms with van der Waals surface area (Å²) >= 11 is 0. The van der Waals surface area contributed by atoms with Crippen molar-refractivity contribution in [1.29, 1.82) is 0 Å². The van der Waals surface area contributed by atoms with Crippen LogP contribution in [0.4, 0.5) is 17.1 Å². The minimum absolute atomic E-state index is 0.0612. The molecule has 32 heavy (non-hydrogen) atoms. The van der Waals surface area contributed by atoms with Crippen molar-refractivity contribution in [3.63, 3.8) is 0 Å². The maximum absolute atomic E-state index is 13.0. The van der Waals surface area contributed by atoms with Gasteiger partial charge in [0.2, 0.25) is 0 Å². The fourth-order valence-corrected chi connectivity index (χ4v) is 3.94. The molecule has 3 aromatic carbocycles. The smallest absolute Gasteiger partial charge is 0.270 e. The van der Waals surface area contributed by atoms with Crippen molar-refractivity contribution in [2.45, 2.75) is 4.90 Å². The van der Waals surface area contributed by atoms with E-state index in [9.17, 15) is 28.7 Å². The van der Waals surface area contributed by atoms with E-state index in [-0.39, 0.29) is 28.4 Å². The Labute approximate surface area is 182 Å². The Morgan fingerprint density at radius 2 is 1.81 bits per heavy atom. The fourth-order valence-electron chi connectivity index (χ4n) is 2.69. The lowest BCUT2D eigenvalue weighted by atomic mass is 10.2. The van der Waals surface area contributed by atoms with Gasteiger partial charge in [0.05, 0.1) is 29.6 Å². The Kier molecular flexibility index (Phi) is 6.45. The van der Waals surface area contributed by atoms with E-state index in [1.807, 2.05) is 0 Å². The van der Waals surface area contributed by atoms with Crippen LogP contribution in [-0.4, -0.2) is 36.9 Å². The molecule has 0 spiro atoms. The second-order valence-corrected chi connectivity index (χ2v) is 7.98. The van der Waals surface area contributed by atoms with E-state index >= 15 is 0 Å². The van der Waals surface area contributed by atoms with E-state index in [1.165, 1.54) is 37.4 Å². The molecule has 0 fully saturated rings. The van der Waals surface area contributed by atoms with Gasteiger partial charge in [-0.05, 0) is 30.3 Å². The third-order valence-electron chi connectivity index (χ3n) is 4.25. The predicted octanol–water partition coefficient (Wildman–Crippen LogP) is 3.26. The minimum atomic E-state index is -4.30. The standard InChI is InChI=1S/C20H18N4O7S/c1-31-18-8-3-2-6-15(18)23-32(29,30)19-11-14(24(27)28)9-10-16(19)22-21-12-13-5-4-7-17(25)20(13)26/h2-12,22-23,25-26H,1H3/b21-12+. The number of anilines is 2. The Morgan fingerprint density at radius 1 is 1.06 bits per heavy atom. The average Bonchev–Trinajstić information content (AvgIpc) is 2.76. The van der Waals surface area contributed by atoms with Gasteiger partial charge in [0.25, 0.3) is 15.7 Å². The van der Waals surface area contributed by atoms with Crippen molar-refractivity contribution in [2.24, 2.45) is 5.10 Å². The molecule has 4 N–H and O–H groups in total. The third kappa shape index (κ3) is 4.87. The second kappa shape index (κ2) is 9.22. The van der Waals surface area contributed by atoms with Crippen molar-refractivity contribution >= 4 is 33.3 Å². The zero-order valence-corrected chi connectivity index (χ0v) is 17.4. The Bertz CT molecular complexity index is 1290. The Balaban J connectivity index is 1.98. The van der Waals surface area contributed by atoms with Crippen LogP contribution < -0.4 is 14.9 Å². The summed E-state index contributed by atoms with van der Waals surface area (Å²) in [7, 11) is -2.93. The largest absolute Gasteiger partial charge is 0.504 e. The molecule has 0 aliphatic rings. The monoisotopic (exact) mass is 458 g/mol. The number of nitro groups is 1. The maximum atomic E-state index is 13.0. The highest BCUT2D eigenvalue weighted by Crippen LogP contribution is 2.31. The van der Waals surface area contributed by atoms with Crippen LogP contribution in [0, 0.1) is 10.1 Å². The lowest BCUT2D eigenvalue weighted by Gasteiger charge is -2.14. The molecular formula is C20H18N4O7S. The SMILES string of the molecule is COc1ccccc1NS(=O)(=O)c1cc([N+](=O)[O-])ccc1N/N=C/c1cccc(O)c1O. The number of phenols is 2. The second-order valence-electron chi connectivity index (χ2n) is 6.33. The molecule has 166 valence electrons. The summed E-state index contributed by atoms with van der Waals surface area (Å²) in [5, 5.41) is 34.4. The van der Waals surface area contributed by atoms with Gasteiger partial charge in [0, 0.05) is 17.7 Å². The van der Waals surface area contributed by atoms with Gasteiger partial charge in [-0.15, -0.1) is 0 Å². The molecule has 0 bridgehead atoms. The molecule has 0 heterocycles. The third-order valence-corrected chi connectivity index (χ3v) is 5.66. The first-order valence-electron chi connectivity index (χ1n) is 8.97. The van der Waals surface area contributed by atoms with Crippen LogP contribution in [0.15, 0.2) is 70.7 Å². The lowest BCUT2D eigenvalue weighted by Crippen LogP contribution is -2.15. The van der Waals surface area contributed by atoms with E-state index in [4.69, 9.17) is 4.74 Å². The number of nitrogens with zero attached hydrogens (tertiary/aromatic N) is 2. The normalized spacial score (nSPS) is 11.3. The molecular weight excluding hydrogens is 440 g/mol. The number of hydrazone groups is 1. The van der Waals surface area contributed by atoms with Gasteiger partial charge >= 0.3 is 0 Å². The highest BCUT2D eigenvalue weighted by atomic mass is 32.2. The van der Waals surface area contributed by atoms with Crippen molar-refractivity contribution in [2.75, 3.05) is 17.3 Å². The van der Waals surface area contributed by atoms with Crippen LogP contribution in [0.3, 0.4) is 0 Å². The van der Waals surface area contributed by atoms with Gasteiger partial charge in [-0.2, -0.15) is 5.10 Å². The van der Waals surface area contributed by atoms with Gasteiger partial charge in [0.1, 0.15) is 10.6 Å². The molecule has 3 aromatic rings. The van der Waals surface area contributed by atoms with Crippen LogP contribution in [0.5, 0.6) is 17.2 Å². The molecule has 11 nitrogen and oxygen atoms in total. The van der Waals surface area contributed by atoms with Gasteiger partial charge in [-0.25, -0.2) is 8.42 Å². The molecule has 0 amide bonds. The van der Waals surface area contributed by atoms with E-state index in [0.717, 1.165) is 18.3 Å². The summed E-state index contributed by atoms with van der Waals surface area (Å²) in [6.07, 6.45) is 1.15. The van der Waals surface area contributed by atoms with Crippen LogP contribution in [0.25, 0.3) is 0 Å². The van der Waals surface area contributed by atoms with E-state index in [1.54, 1.807) is 18.2 Å². The van der Waals surface area contributed by atoms with Crippen LogP contribution in [0.2, 0.25) is 0 Å². The highest BCUT2D eigenvalue weighted by molar-refractivity contribution is 7.93. The molecule has 0 aromatic heterocycles. The summed E-state index contributed by atoms with van der Waals surface area (Å²) in [4.78, 5) is 10.0. The summed E-state index contributed by atoms with van der Waals surface area (Å²) in [5.41, 5.74) is 2.30. The van der Waals surface area contributed by atoms with Gasteiger partial charge < -0.3 is 14.9 Å². The summed E-state index contributed by atoms with van der Waals surface area (Å²) in [6, 6.07) is 13.7. The number of nitrogens with one attached hydrogen (secondary N) is 2. The summed E-state index contributed by atoms with van der Waals surface area (Å²) < 4.78 is 33.6. The van der Waals surface area contributed by atoms with Crippen LogP contribution >= 0.6 is 0 Å². The van der Waals surface area contributed by atoms with E-state index < -0.39 is 31.3 Å². The molecule has 0 saturated carbocycles. The topological polar surface area (TPSA) is 163 Å². The van der Waals surface area contributed by atoms with Crippen molar-refractivity contribution < 1.29 is 28.3 Å². The van der Waals surface area contributed by atoms with Crippen molar-refractivity contribution in [1.82, 2.24) is 0 Å². The molecule has 0 radical (unpaired) electrons. The van der Waals surface area contributed by atoms with Gasteiger partial charge in [-0.3, -0.25) is 20.3 Å². The average molecular weight is 458 g/mol. The van der Waals surface area contributed by atoms with Gasteiger partial charge in [-0.1, -0.05) is 18.2 Å². The molecule has 0 aliphatic heterocycles. The predicted molar refractivity (Wildman–Crippen MR) is 118 cm³/mol. The fraction of sp³-hybridized carbons (Fsp3) is 0.0500. The van der Waals surface area contributed by atoms with Crippen LogP contribution in [-0.2, 0) is 10.0 Å². The molecule has 0 saturated heterocycles. The molecule has 0 atom stereocenters. The number of para-hydroxylation sites is 3. The number of nitro benzene ring substituents is 1. The molecule has 0 aliphatic carbocycles. The lowest BCUT2D eigenvalue weighted by molar-refractivity contribution is -0.385. The number of sulfonamides is 1. The Morgan fingerprint density at radius 3 is 2.53 bits per heavy atom. The zero-order chi connectivity index (χ0) is 23.3. The van der Waals surface area contributed by atoms with Crippen molar-refractivity contribution in [3.05, 3.63) is 76.3 Å². The number of hydrogen-bond acceptors (Lipinski definition) is 9. The number of ether oxygens (including phenoxy) is 1. The first-order valence-corrected chi connectivity index (χ1v) is 10.5. The number of phenolic OH excluding ortho intramolecular Hbond substituents is 2. The first-order chi connectivity index (χ1) is 15.2. The minimum Gasteiger partial charge on any atom is -0.504 e. The van der Waals surface area contributed by atoms with Crippen LogP contribution in [0.1, 0.15) is 5.56 Å². The number of rotatable bonds is 8. The number of benzene rings is 3.